The van der Waals surface area contributed by atoms with E-state index < -0.39 is 15.6 Å². The van der Waals surface area contributed by atoms with E-state index in [0.717, 1.165) is 31.2 Å². The van der Waals surface area contributed by atoms with Crippen LogP contribution in [0.15, 0.2) is 29.2 Å². The number of nitrogens with two attached hydrogens (primary N) is 1. The monoisotopic (exact) mass is 339 g/mol. The van der Waals surface area contributed by atoms with E-state index in [1.54, 1.807) is 18.2 Å². The van der Waals surface area contributed by atoms with Gasteiger partial charge in [0.15, 0.2) is 0 Å². The van der Waals surface area contributed by atoms with Crippen molar-refractivity contribution >= 4 is 15.9 Å². The predicted octanol–water partition coefficient (Wildman–Crippen LogP) is 1.12. The van der Waals surface area contributed by atoms with Gasteiger partial charge in [0.1, 0.15) is 0 Å². The second kappa shape index (κ2) is 6.98. The normalized spacial score (nSPS) is 25.1. The molecule has 2 unspecified atom stereocenters. The van der Waals surface area contributed by atoms with Crippen molar-refractivity contribution in [2.45, 2.75) is 49.6 Å². The van der Waals surface area contributed by atoms with Crippen molar-refractivity contribution in [3.63, 3.8) is 0 Å². The lowest BCUT2D eigenvalue weighted by molar-refractivity contribution is -0.128. The second-order valence-corrected chi connectivity index (χ2v) is 8.26. The SMILES string of the molecule is CNS(=O)(=O)c1cccc(CNC(=O)C2CCCCC2(C)N)c1. The van der Waals surface area contributed by atoms with Gasteiger partial charge in [-0.2, -0.15) is 0 Å². The standard InChI is InChI=1S/C16H25N3O3S/c1-16(17)9-4-3-8-14(16)15(20)19-11-12-6-5-7-13(10-12)23(21,22)18-2/h5-7,10,14,18H,3-4,8-9,11,17H2,1-2H3,(H,19,20). The molecule has 1 aliphatic carbocycles. The van der Waals surface area contributed by atoms with Gasteiger partial charge in [0.25, 0.3) is 0 Å². The molecule has 128 valence electrons. The Morgan fingerprint density at radius 3 is 2.78 bits per heavy atom. The van der Waals surface area contributed by atoms with Crippen molar-refractivity contribution in [1.29, 1.82) is 0 Å². The smallest absolute Gasteiger partial charge is 0.240 e. The molecular formula is C16H25N3O3S. The summed E-state index contributed by atoms with van der Waals surface area (Å²) in [4.78, 5) is 12.6. The zero-order chi connectivity index (χ0) is 17.1. The maximum atomic E-state index is 12.4. The Kier molecular flexibility index (Phi) is 5.44. The van der Waals surface area contributed by atoms with Crippen LogP contribution in [-0.4, -0.2) is 26.9 Å². The molecule has 1 aromatic rings. The molecular weight excluding hydrogens is 314 g/mol. The minimum absolute atomic E-state index is 0.0587. The molecule has 2 atom stereocenters. The maximum Gasteiger partial charge on any atom is 0.240 e. The van der Waals surface area contributed by atoms with Gasteiger partial charge >= 0.3 is 0 Å². The summed E-state index contributed by atoms with van der Waals surface area (Å²) in [6.45, 7) is 2.22. The average molecular weight is 339 g/mol. The fourth-order valence-corrected chi connectivity index (χ4v) is 3.84. The molecule has 0 bridgehead atoms. The van der Waals surface area contributed by atoms with Gasteiger partial charge < -0.3 is 11.1 Å². The Bertz CT molecular complexity index is 671. The lowest BCUT2D eigenvalue weighted by Crippen LogP contribution is -2.52. The number of benzene rings is 1. The molecule has 1 aromatic carbocycles. The summed E-state index contributed by atoms with van der Waals surface area (Å²) in [5, 5.41) is 2.89. The molecule has 0 radical (unpaired) electrons. The van der Waals surface area contributed by atoms with Crippen LogP contribution < -0.4 is 15.8 Å². The van der Waals surface area contributed by atoms with Gasteiger partial charge in [-0.05, 0) is 44.5 Å². The molecule has 1 fully saturated rings. The van der Waals surface area contributed by atoms with Crippen molar-refractivity contribution < 1.29 is 13.2 Å². The maximum absolute atomic E-state index is 12.4. The summed E-state index contributed by atoms with van der Waals surface area (Å²) in [6, 6.07) is 6.54. The van der Waals surface area contributed by atoms with Crippen LogP contribution in [0, 0.1) is 5.92 Å². The highest BCUT2D eigenvalue weighted by Gasteiger charge is 2.37. The summed E-state index contributed by atoms with van der Waals surface area (Å²) in [6.07, 6.45) is 3.72. The molecule has 2 rings (SSSR count). The van der Waals surface area contributed by atoms with Gasteiger partial charge in [-0.15, -0.1) is 0 Å². The van der Waals surface area contributed by atoms with Gasteiger partial charge in [-0.1, -0.05) is 25.0 Å². The molecule has 0 heterocycles. The van der Waals surface area contributed by atoms with E-state index in [1.165, 1.54) is 13.1 Å². The number of carbonyl (C=O) groups is 1. The summed E-state index contributed by atoms with van der Waals surface area (Å²) in [5.74, 6) is -0.253. The van der Waals surface area contributed by atoms with Gasteiger partial charge in [-0.3, -0.25) is 4.79 Å². The third kappa shape index (κ3) is 4.31. The van der Waals surface area contributed by atoms with Gasteiger partial charge in [0.2, 0.25) is 15.9 Å². The molecule has 0 spiro atoms. The van der Waals surface area contributed by atoms with Crippen LogP contribution in [0.1, 0.15) is 38.2 Å². The topological polar surface area (TPSA) is 101 Å². The largest absolute Gasteiger partial charge is 0.352 e. The molecule has 7 heteroatoms. The molecule has 0 aromatic heterocycles. The molecule has 4 N–H and O–H groups in total. The van der Waals surface area contributed by atoms with E-state index in [1.807, 2.05) is 6.92 Å². The average Bonchev–Trinajstić information content (AvgIpc) is 2.52. The predicted molar refractivity (Wildman–Crippen MR) is 89.1 cm³/mol. The first-order valence-corrected chi connectivity index (χ1v) is 9.34. The molecule has 1 aliphatic rings. The molecule has 6 nitrogen and oxygen atoms in total. The fraction of sp³-hybridized carbons (Fsp3) is 0.562. The lowest BCUT2D eigenvalue weighted by atomic mass is 9.74. The van der Waals surface area contributed by atoms with Crippen molar-refractivity contribution in [2.24, 2.45) is 11.7 Å². The zero-order valence-corrected chi connectivity index (χ0v) is 14.4. The Hall–Kier alpha value is -1.44. The first-order chi connectivity index (χ1) is 10.8. The van der Waals surface area contributed by atoms with Crippen molar-refractivity contribution in [2.75, 3.05) is 7.05 Å². The van der Waals surface area contributed by atoms with Crippen molar-refractivity contribution in [1.82, 2.24) is 10.0 Å². The second-order valence-electron chi connectivity index (χ2n) is 6.38. The number of nitrogens with one attached hydrogen (secondary N) is 2. The minimum atomic E-state index is -3.48. The number of hydrogen-bond donors (Lipinski definition) is 3. The Labute approximate surface area is 137 Å². The van der Waals surface area contributed by atoms with Crippen LogP contribution in [0.25, 0.3) is 0 Å². The highest BCUT2D eigenvalue weighted by molar-refractivity contribution is 7.89. The van der Waals surface area contributed by atoms with Gasteiger partial charge in [0, 0.05) is 12.1 Å². The van der Waals surface area contributed by atoms with E-state index in [-0.39, 0.29) is 16.7 Å². The number of hydrogen-bond acceptors (Lipinski definition) is 4. The molecule has 1 saturated carbocycles. The van der Waals surface area contributed by atoms with Crippen LogP contribution in [0.5, 0.6) is 0 Å². The first kappa shape index (κ1) is 17.9. The Balaban J connectivity index is 2.03. The molecule has 0 aliphatic heterocycles. The van der Waals surface area contributed by atoms with Crippen LogP contribution >= 0.6 is 0 Å². The quantitative estimate of drug-likeness (QED) is 0.748. The van der Waals surface area contributed by atoms with E-state index in [4.69, 9.17) is 5.73 Å². The van der Waals surface area contributed by atoms with E-state index in [0.29, 0.717) is 6.54 Å². The Morgan fingerprint density at radius 1 is 1.39 bits per heavy atom. The van der Waals surface area contributed by atoms with Crippen molar-refractivity contribution in [3.8, 4) is 0 Å². The summed E-state index contributed by atoms with van der Waals surface area (Å²) < 4.78 is 25.9. The van der Waals surface area contributed by atoms with Crippen LogP contribution in [0.3, 0.4) is 0 Å². The lowest BCUT2D eigenvalue weighted by Gasteiger charge is -2.37. The third-order valence-corrected chi connectivity index (χ3v) is 5.93. The number of carbonyl (C=O) groups excluding carboxylic acids is 1. The highest BCUT2D eigenvalue weighted by Crippen LogP contribution is 2.31. The number of rotatable bonds is 5. The zero-order valence-electron chi connectivity index (χ0n) is 13.6. The van der Waals surface area contributed by atoms with Crippen LogP contribution in [0.4, 0.5) is 0 Å². The number of amides is 1. The molecule has 23 heavy (non-hydrogen) atoms. The fourth-order valence-electron chi connectivity index (χ4n) is 3.04. The van der Waals surface area contributed by atoms with Gasteiger partial charge in [-0.25, -0.2) is 13.1 Å². The van der Waals surface area contributed by atoms with E-state index in [2.05, 4.69) is 10.0 Å². The van der Waals surface area contributed by atoms with Crippen molar-refractivity contribution in [3.05, 3.63) is 29.8 Å². The van der Waals surface area contributed by atoms with Crippen LogP contribution in [0.2, 0.25) is 0 Å². The molecule has 1 amide bonds. The third-order valence-electron chi connectivity index (χ3n) is 4.52. The first-order valence-electron chi connectivity index (χ1n) is 7.85. The highest BCUT2D eigenvalue weighted by atomic mass is 32.2. The summed E-state index contributed by atoms with van der Waals surface area (Å²) in [5.41, 5.74) is 6.51. The molecule has 0 saturated heterocycles. The van der Waals surface area contributed by atoms with Gasteiger partial charge in [0.05, 0.1) is 10.8 Å². The summed E-state index contributed by atoms with van der Waals surface area (Å²) >= 11 is 0. The van der Waals surface area contributed by atoms with E-state index >= 15 is 0 Å². The van der Waals surface area contributed by atoms with Crippen LogP contribution in [-0.2, 0) is 21.4 Å². The summed E-state index contributed by atoms with van der Waals surface area (Å²) in [7, 11) is -2.11. The minimum Gasteiger partial charge on any atom is -0.352 e. The van der Waals surface area contributed by atoms with E-state index in [9.17, 15) is 13.2 Å². The Morgan fingerprint density at radius 2 is 2.13 bits per heavy atom. The number of sulfonamides is 1.